The van der Waals surface area contributed by atoms with Crippen LogP contribution in [-0.4, -0.2) is 37.4 Å². The molecule has 0 heterocycles. The summed E-state index contributed by atoms with van der Waals surface area (Å²) in [6, 6.07) is 0. The summed E-state index contributed by atoms with van der Waals surface area (Å²) in [4.78, 5) is 0. The predicted molar refractivity (Wildman–Crippen MR) is 94.3 cm³/mol. The van der Waals surface area contributed by atoms with Crippen LogP contribution in [0.15, 0.2) is 0 Å². The average Bonchev–Trinajstić information content (AvgIpc) is 2.23. The van der Waals surface area contributed by atoms with Crippen molar-refractivity contribution in [3.05, 3.63) is 0 Å². The van der Waals surface area contributed by atoms with E-state index in [9.17, 15) is 0 Å². The van der Waals surface area contributed by atoms with E-state index >= 15 is 0 Å². The van der Waals surface area contributed by atoms with Crippen LogP contribution in [0.1, 0.15) is 48.5 Å². The largest absolute Gasteiger partial charge is 0.359 e. The first-order chi connectivity index (χ1) is 8.85. The zero-order valence-corrected chi connectivity index (χ0v) is 16.1. The van der Waals surface area contributed by atoms with Gasteiger partial charge in [-0.05, 0) is 55.5 Å². The van der Waals surface area contributed by atoms with Gasteiger partial charge in [-0.2, -0.15) is 0 Å². The maximum atomic E-state index is 5.99. The second-order valence-electron chi connectivity index (χ2n) is 6.75. The maximum absolute atomic E-state index is 5.99. The van der Waals surface area contributed by atoms with Crippen LogP contribution in [-0.2, 0) is 4.52 Å². The summed E-state index contributed by atoms with van der Waals surface area (Å²) in [6.45, 7) is 17.2. The van der Waals surface area contributed by atoms with E-state index in [1.54, 1.807) is 0 Å². The second kappa shape index (κ2) is 11.5. The Morgan fingerprint density at radius 3 is 1.58 bits per heavy atom. The van der Waals surface area contributed by atoms with E-state index in [2.05, 4.69) is 48.5 Å². The molecule has 0 amide bonds. The fraction of sp³-hybridized carbons (Fsp3) is 1.00. The lowest BCUT2D eigenvalue weighted by molar-refractivity contribution is 0.375. The lowest BCUT2D eigenvalue weighted by atomic mass is 10.3. The molecule has 0 N–H and O–H groups in total. The van der Waals surface area contributed by atoms with Gasteiger partial charge in [0.25, 0.3) is 0 Å². The van der Waals surface area contributed by atoms with E-state index in [0.717, 1.165) is 24.4 Å². The van der Waals surface area contributed by atoms with Crippen molar-refractivity contribution in [2.45, 2.75) is 48.5 Å². The summed E-state index contributed by atoms with van der Waals surface area (Å²) in [6.07, 6.45) is 6.96. The van der Waals surface area contributed by atoms with Gasteiger partial charge in [-0.25, -0.2) is 0 Å². The lowest BCUT2D eigenvalue weighted by Crippen LogP contribution is -2.09. The van der Waals surface area contributed by atoms with Gasteiger partial charge < -0.3 is 4.52 Å². The fourth-order valence-corrected chi connectivity index (χ4v) is 8.54. The molecule has 1 nitrogen and oxygen atoms in total. The highest BCUT2D eigenvalue weighted by Crippen LogP contribution is 2.46. The first kappa shape index (κ1) is 19.8. The SMILES string of the molecule is CCOP(CCP(CC(C)C)CC(C)C)CC(C)C. The fourth-order valence-electron chi connectivity index (χ4n) is 2.34. The molecular formula is C16H36OP2. The van der Waals surface area contributed by atoms with E-state index < -0.39 is 0 Å². The quantitative estimate of drug-likeness (QED) is 0.434. The Kier molecular flexibility index (Phi) is 12.0. The molecule has 0 aromatic rings. The molecule has 0 bridgehead atoms. The minimum Gasteiger partial charge on any atom is -0.359 e. The van der Waals surface area contributed by atoms with Gasteiger partial charge in [0.2, 0.25) is 0 Å². The van der Waals surface area contributed by atoms with Gasteiger partial charge in [-0.3, -0.25) is 0 Å². The van der Waals surface area contributed by atoms with E-state index in [-0.39, 0.29) is 16.1 Å². The van der Waals surface area contributed by atoms with Crippen LogP contribution in [0.4, 0.5) is 0 Å². The summed E-state index contributed by atoms with van der Waals surface area (Å²) in [5.74, 6) is 2.49. The number of rotatable bonds is 11. The molecule has 116 valence electrons. The van der Waals surface area contributed by atoms with Crippen molar-refractivity contribution in [3.8, 4) is 0 Å². The van der Waals surface area contributed by atoms with Crippen molar-refractivity contribution in [2.75, 3.05) is 37.4 Å². The molecule has 0 aliphatic rings. The first-order valence-electron chi connectivity index (χ1n) is 7.95. The van der Waals surface area contributed by atoms with Gasteiger partial charge in [0.05, 0.1) is 0 Å². The Labute approximate surface area is 124 Å². The zero-order chi connectivity index (χ0) is 14.8. The smallest absolute Gasteiger partial charge is 0.0480 e. The van der Waals surface area contributed by atoms with Crippen LogP contribution in [0, 0.1) is 17.8 Å². The van der Waals surface area contributed by atoms with Gasteiger partial charge >= 0.3 is 0 Å². The summed E-state index contributed by atoms with van der Waals surface area (Å²) in [7, 11) is 0.0619. The molecule has 0 saturated heterocycles. The average molecular weight is 306 g/mol. The Bertz CT molecular complexity index is 195. The molecule has 0 aromatic carbocycles. The van der Waals surface area contributed by atoms with Gasteiger partial charge in [0.1, 0.15) is 0 Å². The monoisotopic (exact) mass is 306 g/mol. The van der Waals surface area contributed by atoms with Crippen molar-refractivity contribution >= 4 is 16.1 Å². The van der Waals surface area contributed by atoms with Crippen molar-refractivity contribution in [3.63, 3.8) is 0 Å². The normalized spacial score (nSPS) is 14.1. The third-order valence-corrected chi connectivity index (χ3v) is 8.98. The Balaban J connectivity index is 4.22. The van der Waals surface area contributed by atoms with Crippen LogP contribution in [0.2, 0.25) is 0 Å². The van der Waals surface area contributed by atoms with E-state index in [1.165, 1.54) is 30.8 Å². The lowest BCUT2D eigenvalue weighted by Gasteiger charge is -2.25. The van der Waals surface area contributed by atoms with Gasteiger partial charge in [-0.1, -0.05) is 41.5 Å². The molecule has 0 saturated carbocycles. The standard InChI is InChI=1S/C16H36OP2/c1-8-17-19(13-16(6)7)10-9-18(11-14(2)3)12-15(4)5/h14-16H,8-13H2,1-7H3. The summed E-state index contributed by atoms with van der Waals surface area (Å²) in [5.41, 5.74) is 0. The van der Waals surface area contributed by atoms with Crippen molar-refractivity contribution in [2.24, 2.45) is 17.8 Å². The van der Waals surface area contributed by atoms with Crippen LogP contribution < -0.4 is 0 Å². The molecule has 0 aliphatic carbocycles. The van der Waals surface area contributed by atoms with Crippen LogP contribution in [0.3, 0.4) is 0 Å². The molecule has 0 spiro atoms. The molecule has 0 aliphatic heterocycles. The van der Waals surface area contributed by atoms with Crippen LogP contribution in [0.5, 0.6) is 0 Å². The maximum Gasteiger partial charge on any atom is 0.0480 e. The van der Waals surface area contributed by atoms with Crippen LogP contribution >= 0.6 is 16.1 Å². The molecule has 1 atom stereocenters. The highest BCUT2D eigenvalue weighted by Gasteiger charge is 2.16. The molecule has 0 radical (unpaired) electrons. The number of hydrogen-bond donors (Lipinski definition) is 0. The topological polar surface area (TPSA) is 9.23 Å². The number of hydrogen-bond acceptors (Lipinski definition) is 1. The highest BCUT2D eigenvalue weighted by atomic mass is 31.1. The Morgan fingerprint density at radius 1 is 0.737 bits per heavy atom. The molecule has 0 rings (SSSR count). The molecule has 19 heavy (non-hydrogen) atoms. The third kappa shape index (κ3) is 12.3. The molecule has 0 aromatic heterocycles. The third-order valence-electron chi connectivity index (χ3n) is 2.79. The summed E-state index contributed by atoms with van der Waals surface area (Å²) >= 11 is 0. The predicted octanol–water partition coefficient (Wildman–Crippen LogP) is 5.87. The van der Waals surface area contributed by atoms with Crippen molar-refractivity contribution < 1.29 is 4.52 Å². The van der Waals surface area contributed by atoms with Gasteiger partial charge in [-0.15, -0.1) is 7.92 Å². The molecule has 0 fully saturated rings. The Hall–Kier alpha value is 0.820. The van der Waals surface area contributed by atoms with Crippen molar-refractivity contribution in [1.29, 1.82) is 0 Å². The van der Waals surface area contributed by atoms with E-state index in [4.69, 9.17) is 4.52 Å². The minimum absolute atomic E-state index is 0.167. The van der Waals surface area contributed by atoms with Gasteiger partial charge in [0.15, 0.2) is 0 Å². The summed E-state index contributed by atoms with van der Waals surface area (Å²) in [5, 5.41) is 0. The van der Waals surface area contributed by atoms with E-state index in [1.807, 2.05) is 0 Å². The molecule has 1 unspecified atom stereocenters. The molecular weight excluding hydrogens is 270 g/mol. The summed E-state index contributed by atoms with van der Waals surface area (Å²) < 4.78 is 5.99. The second-order valence-corrected chi connectivity index (χ2v) is 11.3. The first-order valence-corrected chi connectivity index (χ1v) is 11.5. The minimum atomic E-state index is -0.167. The Morgan fingerprint density at radius 2 is 1.21 bits per heavy atom. The molecule has 3 heteroatoms. The van der Waals surface area contributed by atoms with Crippen LogP contribution in [0.25, 0.3) is 0 Å². The van der Waals surface area contributed by atoms with Crippen molar-refractivity contribution in [1.82, 2.24) is 0 Å². The van der Waals surface area contributed by atoms with Gasteiger partial charge in [0, 0.05) is 14.8 Å². The highest BCUT2D eigenvalue weighted by molar-refractivity contribution is 7.60. The zero-order valence-electron chi connectivity index (χ0n) is 14.3. The van der Waals surface area contributed by atoms with E-state index in [0.29, 0.717) is 0 Å².